The Hall–Kier alpha value is -0.610. The Bertz CT molecular complexity index is 281. The van der Waals surface area contributed by atoms with E-state index >= 15 is 0 Å². The van der Waals surface area contributed by atoms with Gasteiger partial charge in [0, 0.05) is 25.8 Å². The molecule has 1 saturated carbocycles. The molecule has 4 heteroatoms. The molecule has 2 aliphatic rings. The molecule has 104 valence electrons. The highest BCUT2D eigenvalue weighted by atomic mass is 16.5. The van der Waals surface area contributed by atoms with E-state index in [1.165, 1.54) is 32.1 Å². The van der Waals surface area contributed by atoms with Crippen molar-refractivity contribution in [3.8, 4) is 0 Å². The van der Waals surface area contributed by atoms with Crippen LogP contribution in [0.25, 0.3) is 0 Å². The maximum atomic E-state index is 11.6. The van der Waals surface area contributed by atoms with Crippen LogP contribution in [-0.4, -0.2) is 48.8 Å². The maximum Gasteiger partial charge on any atom is 0.311 e. The number of ether oxygens (including phenoxy) is 1. The van der Waals surface area contributed by atoms with E-state index in [1.807, 2.05) is 0 Å². The van der Waals surface area contributed by atoms with Crippen LogP contribution < -0.4 is 0 Å². The Kier molecular flexibility index (Phi) is 4.62. The lowest BCUT2D eigenvalue weighted by Gasteiger charge is -2.40. The van der Waals surface area contributed by atoms with Crippen LogP contribution in [0.4, 0.5) is 0 Å². The summed E-state index contributed by atoms with van der Waals surface area (Å²) in [5.74, 6) is -0.645. The van der Waals surface area contributed by atoms with Crippen LogP contribution >= 0.6 is 0 Å². The van der Waals surface area contributed by atoms with Crippen molar-refractivity contribution >= 4 is 5.97 Å². The lowest BCUT2D eigenvalue weighted by Crippen LogP contribution is -2.48. The SMILES string of the molecule is CN(CC1(C(=O)O)CCOCC1)C1CCCCC1. The molecular formula is C14H25NO3. The Morgan fingerprint density at radius 2 is 1.89 bits per heavy atom. The number of nitrogens with zero attached hydrogens (tertiary/aromatic N) is 1. The van der Waals surface area contributed by atoms with Crippen LogP contribution in [0.1, 0.15) is 44.9 Å². The van der Waals surface area contributed by atoms with Gasteiger partial charge in [-0.1, -0.05) is 19.3 Å². The van der Waals surface area contributed by atoms with E-state index in [2.05, 4.69) is 11.9 Å². The smallest absolute Gasteiger partial charge is 0.311 e. The summed E-state index contributed by atoms with van der Waals surface area (Å²) in [5, 5.41) is 9.55. The first-order valence-electron chi connectivity index (χ1n) is 7.15. The van der Waals surface area contributed by atoms with Gasteiger partial charge in [-0.2, -0.15) is 0 Å². The van der Waals surface area contributed by atoms with Crippen molar-refractivity contribution in [1.82, 2.24) is 4.90 Å². The minimum Gasteiger partial charge on any atom is -0.481 e. The first-order chi connectivity index (χ1) is 8.64. The predicted octanol–water partition coefficient (Wildman–Crippen LogP) is 2.13. The van der Waals surface area contributed by atoms with Crippen LogP contribution in [0, 0.1) is 5.41 Å². The number of aliphatic carboxylic acids is 1. The molecule has 0 bridgehead atoms. The second-order valence-corrected chi connectivity index (χ2v) is 5.90. The summed E-state index contributed by atoms with van der Waals surface area (Å²) in [5.41, 5.74) is -0.579. The van der Waals surface area contributed by atoms with E-state index in [-0.39, 0.29) is 0 Å². The van der Waals surface area contributed by atoms with Crippen molar-refractivity contribution in [2.75, 3.05) is 26.8 Å². The summed E-state index contributed by atoms with van der Waals surface area (Å²) in [6, 6.07) is 0.581. The van der Waals surface area contributed by atoms with Gasteiger partial charge in [0.05, 0.1) is 5.41 Å². The summed E-state index contributed by atoms with van der Waals surface area (Å²) in [6.45, 7) is 1.85. The van der Waals surface area contributed by atoms with Gasteiger partial charge in [-0.05, 0) is 32.7 Å². The molecule has 0 radical (unpaired) electrons. The summed E-state index contributed by atoms with van der Waals surface area (Å²) in [4.78, 5) is 13.9. The molecule has 1 aliphatic heterocycles. The number of rotatable bonds is 4. The third-order valence-corrected chi connectivity index (χ3v) is 4.65. The van der Waals surface area contributed by atoms with Crippen LogP contribution in [0.15, 0.2) is 0 Å². The number of carbonyl (C=O) groups is 1. The van der Waals surface area contributed by atoms with E-state index in [4.69, 9.17) is 4.74 Å². The van der Waals surface area contributed by atoms with Gasteiger partial charge in [-0.15, -0.1) is 0 Å². The molecule has 1 heterocycles. The fourth-order valence-corrected chi connectivity index (χ4v) is 3.33. The number of hydrogen-bond acceptors (Lipinski definition) is 3. The van der Waals surface area contributed by atoms with Crippen LogP contribution in [-0.2, 0) is 9.53 Å². The standard InChI is InChI=1S/C14H25NO3/c1-15(12-5-3-2-4-6-12)11-14(13(16)17)7-9-18-10-8-14/h12H,2-11H2,1H3,(H,16,17). The van der Waals surface area contributed by atoms with Crippen molar-refractivity contribution in [3.63, 3.8) is 0 Å². The molecule has 0 amide bonds. The minimum atomic E-state index is -0.645. The van der Waals surface area contributed by atoms with Crippen LogP contribution in [0.5, 0.6) is 0 Å². The molecule has 2 rings (SSSR count). The van der Waals surface area contributed by atoms with Gasteiger partial charge >= 0.3 is 5.97 Å². The molecule has 4 nitrogen and oxygen atoms in total. The molecule has 0 spiro atoms. The van der Waals surface area contributed by atoms with Crippen molar-refractivity contribution in [1.29, 1.82) is 0 Å². The molecule has 1 N–H and O–H groups in total. The Labute approximate surface area is 109 Å². The van der Waals surface area contributed by atoms with Gasteiger partial charge in [-0.3, -0.25) is 4.79 Å². The quantitative estimate of drug-likeness (QED) is 0.836. The lowest BCUT2D eigenvalue weighted by molar-refractivity contribution is -0.157. The third-order valence-electron chi connectivity index (χ3n) is 4.65. The molecule has 2 fully saturated rings. The summed E-state index contributed by atoms with van der Waals surface area (Å²) >= 11 is 0. The summed E-state index contributed by atoms with van der Waals surface area (Å²) < 4.78 is 5.32. The lowest BCUT2D eigenvalue weighted by atomic mass is 9.79. The van der Waals surface area contributed by atoms with E-state index in [1.54, 1.807) is 0 Å². The summed E-state index contributed by atoms with van der Waals surface area (Å²) in [7, 11) is 2.09. The monoisotopic (exact) mass is 255 g/mol. The number of carboxylic acid groups (broad SMARTS) is 1. The fraction of sp³-hybridized carbons (Fsp3) is 0.929. The molecule has 1 saturated heterocycles. The van der Waals surface area contributed by atoms with E-state index in [0.717, 1.165) is 0 Å². The van der Waals surface area contributed by atoms with Gasteiger partial charge in [-0.25, -0.2) is 0 Å². The van der Waals surface area contributed by atoms with Crippen molar-refractivity contribution in [3.05, 3.63) is 0 Å². The third kappa shape index (κ3) is 3.04. The predicted molar refractivity (Wildman–Crippen MR) is 69.6 cm³/mol. The van der Waals surface area contributed by atoms with Gasteiger partial charge in [0.1, 0.15) is 0 Å². The topological polar surface area (TPSA) is 49.8 Å². The molecule has 0 aromatic heterocycles. The van der Waals surface area contributed by atoms with Crippen molar-refractivity contribution in [2.45, 2.75) is 51.0 Å². The fourth-order valence-electron chi connectivity index (χ4n) is 3.33. The second-order valence-electron chi connectivity index (χ2n) is 5.90. The molecule has 0 aromatic rings. The number of hydrogen-bond donors (Lipinski definition) is 1. The molecule has 0 atom stereocenters. The maximum absolute atomic E-state index is 11.6. The average Bonchev–Trinajstić information content (AvgIpc) is 2.40. The number of carboxylic acids is 1. The zero-order valence-corrected chi connectivity index (χ0v) is 11.4. The van der Waals surface area contributed by atoms with Gasteiger partial charge in [0.15, 0.2) is 0 Å². The van der Waals surface area contributed by atoms with Gasteiger partial charge in [0.2, 0.25) is 0 Å². The first-order valence-corrected chi connectivity index (χ1v) is 7.15. The molecular weight excluding hydrogens is 230 g/mol. The normalized spacial score (nSPS) is 25.2. The minimum absolute atomic E-state index is 0.579. The molecule has 1 aliphatic carbocycles. The summed E-state index contributed by atoms with van der Waals surface area (Å²) in [6.07, 6.45) is 7.67. The van der Waals surface area contributed by atoms with Crippen molar-refractivity contribution in [2.24, 2.45) is 5.41 Å². The van der Waals surface area contributed by atoms with Crippen LogP contribution in [0.2, 0.25) is 0 Å². The van der Waals surface area contributed by atoms with Gasteiger partial charge in [0.25, 0.3) is 0 Å². The average molecular weight is 255 g/mol. The highest BCUT2D eigenvalue weighted by Gasteiger charge is 2.41. The molecule has 0 unspecified atom stereocenters. The highest BCUT2D eigenvalue weighted by molar-refractivity contribution is 5.75. The molecule has 18 heavy (non-hydrogen) atoms. The second kappa shape index (κ2) is 6.02. The highest BCUT2D eigenvalue weighted by Crippen LogP contribution is 2.33. The van der Waals surface area contributed by atoms with Gasteiger partial charge < -0.3 is 14.7 Å². The Morgan fingerprint density at radius 1 is 1.28 bits per heavy atom. The van der Waals surface area contributed by atoms with E-state index in [0.29, 0.717) is 38.6 Å². The first kappa shape index (κ1) is 13.8. The zero-order chi connectivity index (χ0) is 13.0. The Morgan fingerprint density at radius 3 is 2.44 bits per heavy atom. The van der Waals surface area contributed by atoms with E-state index in [9.17, 15) is 9.90 Å². The van der Waals surface area contributed by atoms with Crippen LogP contribution in [0.3, 0.4) is 0 Å². The van der Waals surface area contributed by atoms with Crippen molar-refractivity contribution < 1.29 is 14.6 Å². The molecule has 0 aromatic carbocycles. The van der Waals surface area contributed by atoms with E-state index < -0.39 is 11.4 Å². The largest absolute Gasteiger partial charge is 0.481 e. The zero-order valence-electron chi connectivity index (χ0n) is 11.4. The Balaban J connectivity index is 1.97.